The number of nitrogens with one attached hydrogen (secondary N) is 2. The SMILES string of the molecule is CC(=O)Nc1ccc(C)c(NC(=O)CCCCl)c1. The number of benzene rings is 1. The van der Waals surface area contributed by atoms with Crippen LogP contribution in [-0.4, -0.2) is 17.7 Å². The molecule has 0 saturated heterocycles. The van der Waals surface area contributed by atoms with E-state index in [0.29, 0.717) is 30.1 Å². The third-order valence-corrected chi connectivity index (χ3v) is 2.64. The van der Waals surface area contributed by atoms with E-state index in [1.165, 1.54) is 6.92 Å². The zero-order valence-corrected chi connectivity index (χ0v) is 11.3. The molecule has 4 nitrogen and oxygen atoms in total. The van der Waals surface area contributed by atoms with Crippen molar-refractivity contribution in [2.75, 3.05) is 16.5 Å². The third-order valence-electron chi connectivity index (χ3n) is 2.37. The van der Waals surface area contributed by atoms with Crippen LogP contribution in [0.2, 0.25) is 0 Å². The van der Waals surface area contributed by atoms with Gasteiger partial charge >= 0.3 is 0 Å². The number of hydrogen-bond donors (Lipinski definition) is 2. The van der Waals surface area contributed by atoms with Crippen molar-refractivity contribution in [2.45, 2.75) is 26.7 Å². The number of alkyl halides is 1. The zero-order valence-electron chi connectivity index (χ0n) is 10.5. The van der Waals surface area contributed by atoms with Gasteiger partial charge in [-0.25, -0.2) is 0 Å². The van der Waals surface area contributed by atoms with Gasteiger partial charge in [0, 0.05) is 30.6 Å². The number of rotatable bonds is 5. The fourth-order valence-electron chi connectivity index (χ4n) is 1.48. The highest BCUT2D eigenvalue weighted by atomic mass is 35.5. The van der Waals surface area contributed by atoms with Crippen molar-refractivity contribution in [1.29, 1.82) is 0 Å². The molecule has 0 aliphatic carbocycles. The van der Waals surface area contributed by atoms with E-state index in [2.05, 4.69) is 10.6 Å². The molecule has 18 heavy (non-hydrogen) atoms. The summed E-state index contributed by atoms with van der Waals surface area (Å²) in [5, 5.41) is 5.49. The van der Waals surface area contributed by atoms with Gasteiger partial charge in [0.05, 0.1) is 0 Å². The first kappa shape index (κ1) is 14.5. The molecule has 0 aliphatic heterocycles. The second-order valence-corrected chi connectivity index (χ2v) is 4.43. The predicted octanol–water partition coefficient (Wildman–Crippen LogP) is 2.91. The number of halogens is 1. The van der Waals surface area contributed by atoms with Crippen LogP contribution in [0, 0.1) is 6.92 Å². The summed E-state index contributed by atoms with van der Waals surface area (Å²) in [7, 11) is 0. The van der Waals surface area contributed by atoms with Crippen LogP contribution >= 0.6 is 11.6 Å². The first-order valence-corrected chi connectivity index (χ1v) is 6.30. The maximum atomic E-state index is 11.6. The van der Waals surface area contributed by atoms with E-state index in [1.807, 2.05) is 13.0 Å². The van der Waals surface area contributed by atoms with Gasteiger partial charge in [-0.1, -0.05) is 6.07 Å². The summed E-state index contributed by atoms with van der Waals surface area (Å²) < 4.78 is 0. The van der Waals surface area contributed by atoms with Crippen molar-refractivity contribution in [2.24, 2.45) is 0 Å². The summed E-state index contributed by atoms with van der Waals surface area (Å²) >= 11 is 5.53. The van der Waals surface area contributed by atoms with E-state index < -0.39 is 0 Å². The first-order chi connectivity index (χ1) is 8.52. The topological polar surface area (TPSA) is 58.2 Å². The molecule has 0 unspecified atom stereocenters. The van der Waals surface area contributed by atoms with E-state index in [1.54, 1.807) is 12.1 Å². The zero-order chi connectivity index (χ0) is 13.5. The molecule has 0 fully saturated rings. The summed E-state index contributed by atoms with van der Waals surface area (Å²) in [6, 6.07) is 5.39. The number of carbonyl (C=O) groups is 2. The van der Waals surface area contributed by atoms with E-state index in [-0.39, 0.29) is 11.8 Å². The molecule has 1 aromatic carbocycles. The van der Waals surface area contributed by atoms with Crippen LogP contribution < -0.4 is 10.6 Å². The number of aryl methyl sites for hydroxylation is 1. The van der Waals surface area contributed by atoms with Gasteiger partial charge in [-0.05, 0) is 31.0 Å². The maximum absolute atomic E-state index is 11.6. The molecule has 0 aromatic heterocycles. The Hall–Kier alpha value is -1.55. The fourth-order valence-corrected chi connectivity index (χ4v) is 1.61. The average molecular weight is 269 g/mol. The Morgan fingerprint density at radius 1 is 1.28 bits per heavy atom. The lowest BCUT2D eigenvalue weighted by Crippen LogP contribution is -2.13. The summed E-state index contributed by atoms with van der Waals surface area (Å²) in [6.45, 7) is 3.34. The smallest absolute Gasteiger partial charge is 0.224 e. The molecule has 1 rings (SSSR count). The molecular formula is C13H17ClN2O2. The molecule has 5 heteroatoms. The lowest BCUT2D eigenvalue weighted by Gasteiger charge is -2.10. The third kappa shape index (κ3) is 4.75. The summed E-state index contributed by atoms with van der Waals surface area (Å²) in [5.74, 6) is 0.259. The summed E-state index contributed by atoms with van der Waals surface area (Å²) in [4.78, 5) is 22.6. The molecule has 0 atom stereocenters. The lowest BCUT2D eigenvalue weighted by molar-refractivity contribution is -0.116. The van der Waals surface area contributed by atoms with Crippen LogP contribution in [0.15, 0.2) is 18.2 Å². The van der Waals surface area contributed by atoms with Crippen molar-refractivity contribution in [3.8, 4) is 0 Å². The van der Waals surface area contributed by atoms with Crippen LogP contribution in [-0.2, 0) is 9.59 Å². The van der Waals surface area contributed by atoms with E-state index in [0.717, 1.165) is 5.56 Å². The summed E-state index contributed by atoms with van der Waals surface area (Å²) in [6.07, 6.45) is 1.05. The monoisotopic (exact) mass is 268 g/mol. The maximum Gasteiger partial charge on any atom is 0.224 e. The Balaban J connectivity index is 2.74. The molecule has 98 valence electrons. The minimum absolute atomic E-state index is 0.0706. The van der Waals surface area contributed by atoms with E-state index in [4.69, 9.17) is 11.6 Å². The molecule has 0 bridgehead atoms. The van der Waals surface area contributed by atoms with Crippen molar-refractivity contribution in [1.82, 2.24) is 0 Å². The van der Waals surface area contributed by atoms with Crippen molar-refractivity contribution < 1.29 is 9.59 Å². The Kier molecular flexibility index (Phi) is 5.65. The van der Waals surface area contributed by atoms with Gasteiger partial charge in [0.1, 0.15) is 0 Å². The van der Waals surface area contributed by atoms with Crippen LogP contribution in [0.25, 0.3) is 0 Å². The van der Waals surface area contributed by atoms with E-state index >= 15 is 0 Å². The van der Waals surface area contributed by atoms with Crippen LogP contribution in [0.3, 0.4) is 0 Å². The van der Waals surface area contributed by atoms with Gasteiger partial charge in [0.25, 0.3) is 0 Å². The predicted molar refractivity (Wildman–Crippen MR) is 74.1 cm³/mol. The van der Waals surface area contributed by atoms with Crippen molar-refractivity contribution in [3.05, 3.63) is 23.8 Å². The fraction of sp³-hybridized carbons (Fsp3) is 0.385. The minimum atomic E-state index is -0.140. The Morgan fingerprint density at radius 3 is 2.61 bits per heavy atom. The minimum Gasteiger partial charge on any atom is -0.326 e. The van der Waals surface area contributed by atoms with Crippen LogP contribution in [0.1, 0.15) is 25.3 Å². The average Bonchev–Trinajstić information content (AvgIpc) is 2.30. The van der Waals surface area contributed by atoms with E-state index in [9.17, 15) is 9.59 Å². The second-order valence-electron chi connectivity index (χ2n) is 4.05. The Morgan fingerprint density at radius 2 is 2.00 bits per heavy atom. The Bertz CT molecular complexity index is 447. The van der Waals surface area contributed by atoms with Crippen LogP contribution in [0.5, 0.6) is 0 Å². The molecule has 0 aliphatic rings. The largest absolute Gasteiger partial charge is 0.326 e. The van der Waals surface area contributed by atoms with Crippen molar-refractivity contribution >= 4 is 34.8 Å². The molecule has 0 spiro atoms. The number of hydrogen-bond acceptors (Lipinski definition) is 2. The van der Waals surface area contributed by atoms with Gasteiger partial charge in [-0.3, -0.25) is 9.59 Å². The normalized spacial score (nSPS) is 9.94. The number of amides is 2. The van der Waals surface area contributed by atoms with Gasteiger partial charge in [0.15, 0.2) is 0 Å². The molecule has 2 amide bonds. The standard InChI is InChI=1S/C13H17ClN2O2/c1-9-5-6-11(15-10(2)17)8-12(9)16-13(18)4-3-7-14/h5-6,8H,3-4,7H2,1-2H3,(H,15,17)(H,16,18). The van der Waals surface area contributed by atoms with Gasteiger partial charge < -0.3 is 10.6 Å². The molecule has 0 radical (unpaired) electrons. The van der Waals surface area contributed by atoms with Crippen LogP contribution in [0.4, 0.5) is 11.4 Å². The molecule has 0 heterocycles. The Labute approximate surface area is 112 Å². The first-order valence-electron chi connectivity index (χ1n) is 5.77. The molecular weight excluding hydrogens is 252 g/mol. The second kappa shape index (κ2) is 7.01. The lowest BCUT2D eigenvalue weighted by atomic mass is 10.1. The summed E-state index contributed by atoms with van der Waals surface area (Å²) in [5.41, 5.74) is 2.32. The van der Waals surface area contributed by atoms with Crippen molar-refractivity contribution in [3.63, 3.8) is 0 Å². The number of carbonyl (C=O) groups excluding carboxylic acids is 2. The highest BCUT2D eigenvalue weighted by Gasteiger charge is 2.06. The quantitative estimate of drug-likeness (QED) is 0.807. The number of anilines is 2. The highest BCUT2D eigenvalue weighted by molar-refractivity contribution is 6.18. The molecule has 2 N–H and O–H groups in total. The molecule has 1 aromatic rings. The molecule has 0 saturated carbocycles. The van der Waals surface area contributed by atoms with Gasteiger partial charge in [-0.2, -0.15) is 0 Å². The van der Waals surface area contributed by atoms with Gasteiger partial charge in [0.2, 0.25) is 11.8 Å². The van der Waals surface area contributed by atoms with Gasteiger partial charge in [-0.15, -0.1) is 11.6 Å². The highest BCUT2D eigenvalue weighted by Crippen LogP contribution is 2.20.